The topological polar surface area (TPSA) is 41.5 Å². The number of aryl methyl sites for hydroxylation is 1. The maximum atomic E-state index is 8.63. The molecule has 0 spiro atoms. The summed E-state index contributed by atoms with van der Waals surface area (Å²) in [4.78, 5) is 0. The molecule has 0 amide bonds. The average Bonchev–Trinajstić information content (AvgIpc) is 2.34. The number of nitrogens with one attached hydrogen (secondary N) is 1. The van der Waals surface area contributed by atoms with Crippen LogP contribution >= 0.6 is 0 Å². The third kappa shape index (κ3) is 3.83. The van der Waals surface area contributed by atoms with Crippen LogP contribution in [-0.4, -0.2) is 31.9 Å². The number of rotatable bonds is 7. The zero-order chi connectivity index (χ0) is 11.8. The number of benzene rings is 1. The van der Waals surface area contributed by atoms with E-state index in [-0.39, 0.29) is 6.61 Å². The van der Waals surface area contributed by atoms with Gasteiger partial charge in [0.05, 0.1) is 13.7 Å². The van der Waals surface area contributed by atoms with Gasteiger partial charge in [-0.1, -0.05) is 19.1 Å². The molecule has 90 valence electrons. The molecule has 1 rings (SSSR count). The largest absolute Gasteiger partial charge is 0.496 e. The van der Waals surface area contributed by atoms with E-state index >= 15 is 0 Å². The van der Waals surface area contributed by atoms with Crippen LogP contribution in [0, 0.1) is 0 Å². The van der Waals surface area contributed by atoms with Gasteiger partial charge in [0.1, 0.15) is 5.75 Å². The average molecular weight is 223 g/mol. The first-order chi connectivity index (χ1) is 7.81. The fourth-order valence-electron chi connectivity index (χ4n) is 1.70. The Balaban J connectivity index is 2.54. The predicted molar refractivity (Wildman–Crippen MR) is 66.0 cm³/mol. The molecule has 0 fully saturated rings. The first-order valence-corrected chi connectivity index (χ1v) is 5.79. The Morgan fingerprint density at radius 3 is 2.75 bits per heavy atom. The van der Waals surface area contributed by atoms with E-state index < -0.39 is 0 Å². The van der Waals surface area contributed by atoms with Crippen molar-refractivity contribution in [3.8, 4) is 5.75 Å². The van der Waals surface area contributed by atoms with Gasteiger partial charge in [0.2, 0.25) is 0 Å². The highest BCUT2D eigenvalue weighted by atomic mass is 16.5. The quantitative estimate of drug-likeness (QED) is 0.686. The highest BCUT2D eigenvalue weighted by molar-refractivity contribution is 5.37. The molecular formula is C13H21NO2. The van der Waals surface area contributed by atoms with Crippen LogP contribution in [0.25, 0.3) is 0 Å². The summed E-state index contributed by atoms with van der Waals surface area (Å²) in [7, 11) is 1.71. The van der Waals surface area contributed by atoms with Gasteiger partial charge in [0, 0.05) is 6.54 Å². The molecule has 0 bridgehead atoms. The summed E-state index contributed by atoms with van der Waals surface area (Å²) in [5.74, 6) is 0.967. The third-order valence-corrected chi connectivity index (χ3v) is 2.60. The van der Waals surface area contributed by atoms with E-state index in [2.05, 4.69) is 24.4 Å². The normalized spacial score (nSPS) is 10.4. The summed E-state index contributed by atoms with van der Waals surface area (Å²) in [6.45, 7) is 3.89. The van der Waals surface area contributed by atoms with Crippen molar-refractivity contribution in [1.82, 2.24) is 5.32 Å². The second kappa shape index (κ2) is 7.25. The number of ether oxygens (including phenoxy) is 1. The Hall–Kier alpha value is -1.06. The van der Waals surface area contributed by atoms with Crippen LogP contribution in [0.2, 0.25) is 0 Å². The minimum Gasteiger partial charge on any atom is -0.496 e. The second-order valence-electron chi connectivity index (χ2n) is 3.72. The molecule has 0 aliphatic heterocycles. The number of aliphatic hydroxyl groups excluding tert-OH is 1. The smallest absolute Gasteiger partial charge is 0.122 e. The van der Waals surface area contributed by atoms with E-state index in [0.29, 0.717) is 6.54 Å². The molecule has 3 heteroatoms. The molecule has 0 aliphatic carbocycles. The summed E-state index contributed by atoms with van der Waals surface area (Å²) in [6, 6.07) is 6.32. The molecule has 0 unspecified atom stereocenters. The maximum absolute atomic E-state index is 8.63. The lowest BCUT2D eigenvalue weighted by molar-refractivity contribution is 0.293. The van der Waals surface area contributed by atoms with Gasteiger partial charge in [-0.25, -0.2) is 0 Å². The second-order valence-corrected chi connectivity index (χ2v) is 3.72. The summed E-state index contributed by atoms with van der Waals surface area (Å²) >= 11 is 0. The Morgan fingerprint density at radius 2 is 2.12 bits per heavy atom. The van der Waals surface area contributed by atoms with Crippen molar-refractivity contribution in [3.05, 3.63) is 29.3 Å². The number of hydrogen-bond donors (Lipinski definition) is 2. The zero-order valence-corrected chi connectivity index (χ0v) is 10.1. The van der Waals surface area contributed by atoms with Gasteiger partial charge < -0.3 is 15.2 Å². The standard InChI is InChI=1S/C13H21NO2/c1-3-12-10-11(4-5-13(12)16-2)6-7-14-8-9-15/h4-5,10,14-15H,3,6-9H2,1-2H3. The minimum absolute atomic E-state index is 0.197. The van der Waals surface area contributed by atoms with Gasteiger partial charge in [0.15, 0.2) is 0 Å². The first-order valence-electron chi connectivity index (χ1n) is 5.79. The van der Waals surface area contributed by atoms with Crippen molar-refractivity contribution in [1.29, 1.82) is 0 Å². The van der Waals surface area contributed by atoms with E-state index in [1.807, 2.05) is 6.07 Å². The van der Waals surface area contributed by atoms with Gasteiger partial charge in [-0.2, -0.15) is 0 Å². The van der Waals surface area contributed by atoms with Crippen LogP contribution in [0.15, 0.2) is 18.2 Å². The summed E-state index contributed by atoms with van der Waals surface area (Å²) in [6.07, 6.45) is 1.97. The van der Waals surface area contributed by atoms with Gasteiger partial charge in [-0.15, -0.1) is 0 Å². The molecule has 0 heterocycles. The van der Waals surface area contributed by atoms with Crippen molar-refractivity contribution in [2.45, 2.75) is 19.8 Å². The van der Waals surface area contributed by atoms with E-state index in [9.17, 15) is 0 Å². The molecule has 0 aliphatic rings. The van der Waals surface area contributed by atoms with Crippen LogP contribution in [0.3, 0.4) is 0 Å². The maximum Gasteiger partial charge on any atom is 0.122 e. The number of hydrogen-bond acceptors (Lipinski definition) is 3. The monoisotopic (exact) mass is 223 g/mol. The highest BCUT2D eigenvalue weighted by Crippen LogP contribution is 2.20. The minimum atomic E-state index is 0.197. The fourth-order valence-corrected chi connectivity index (χ4v) is 1.70. The molecule has 0 saturated heterocycles. The van der Waals surface area contributed by atoms with Crippen LogP contribution in [-0.2, 0) is 12.8 Å². The lowest BCUT2D eigenvalue weighted by Gasteiger charge is -2.09. The number of aliphatic hydroxyl groups is 1. The van der Waals surface area contributed by atoms with E-state index in [1.165, 1.54) is 11.1 Å². The SMILES string of the molecule is CCc1cc(CCNCCO)ccc1OC. The zero-order valence-electron chi connectivity index (χ0n) is 10.1. The molecule has 0 atom stereocenters. The van der Waals surface area contributed by atoms with Crippen LogP contribution in [0.1, 0.15) is 18.1 Å². The summed E-state index contributed by atoms with van der Waals surface area (Å²) < 4.78 is 5.29. The summed E-state index contributed by atoms with van der Waals surface area (Å²) in [5.41, 5.74) is 2.56. The Morgan fingerprint density at radius 1 is 1.31 bits per heavy atom. The lowest BCUT2D eigenvalue weighted by atomic mass is 10.1. The van der Waals surface area contributed by atoms with Gasteiger partial charge in [0.25, 0.3) is 0 Å². The predicted octanol–water partition coefficient (Wildman–Crippen LogP) is 1.38. The van der Waals surface area contributed by atoms with Crippen molar-refractivity contribution < 1.29 is 9.84 Å². The molecule has 0 aromatic heterocycles. The van der Waals surface area contributed by atoms with Gasteiger partial charge in [-0.3, -0.25) is 0 Å². The molecule has 3 nitrogen and oxygen atoms in total. The molecule has 16 heavy (non-hydrogen) atoms. The van der Waals surface area contributed by atoms with Gasteiger partial charge >= 0.3 is 0 Å². The van der Waals surface area contributed by atoms with E-state index in [1.54, 1.807) is 7.11 Å². The Kier molecular flexibility index (Phi) is 5.90. The van der Waals surface area contributed by atoms with E-state index in [4.69, 9.17) is 9.84 Å². The first kappa shape index (κ1) is 13.0. The Labute approximate surface area is 97.4 Å². The van der Waals surface area contributed by atoms with Crippen molar-refractivity contribution in [3.63, 3.8) is 0 Å². The van der Waals surface area contributed by atoms with Crippen molar-refractivity contribution in [2.24, 2.45) is 0 Å². The molecule has 0 saturated carbocycles. The van der Waals surface area contributed by atoms with Crippen molar-refractivity contribution >= 4 is 0 Å². The van der Waals surface area contributed by atoms with Crippen molar-refractivity contribution in [2.75, 3.05) is 26.8 Å². The highest BCUT2D eigenvalue weighted by Gasteiger charge is 2.02. The van der Waals surface area contributed by atoms with Gasteiger partial charge in [-0.05, 0) is 36.6 Å². The number of methoxy groups -OCH3 is 1. The van der Waals surface area contributed by atoms with Crippen LogP contribution in [0.4, 0.5) is 0 Å². The Bertz CT molecular complexity index is 313. The van der Waals surface area contributed by atoms with E-state index in [0.717, 1.165) is 25.1 Å². The fraction of sp³-hybridized carbons (Fsp3) is 0.538. The molecule has 2 N–H and O–H groups in total. The lowest BCUT2D eigenvalue weighted by Crippen LogP contribution is -2.20. The molecular weight excluding hydrogens is 202 g/mol. The summed E-state index contributed by atoms with van der Waals surface area (Å²) in [5, 5.41) is 11.8. The van der Waals surface area contributed by atoms with Crippen LogP contribution < -0.4 is 10.1 Å². The van der Waals surface area contributed by atoms with Crippen LogP contribution in [0.5, 0.6) is 5.75 Å². The molecule has 1 aromatic carbocycles. The molecule has 1 aromatic rings. The third-order valence-electron chi connectivity index (χ3n) is 2.60. The molecule has 0 radical (unpaired) electrons.